The van der Waals surface area contributed by atoms with E-state index in [-0.39, 0.29) is 5.57 Å². The van der Waals surface area contributed by atoms with Gasteiger partial charge in [0.25, 0.3) is 5.91 Å². The summed E-state index contributed by atoms with van der Waals surface area (Å²) in [4.78, 5) is 12.3. The largest absolute Gasteiger partial charge is 0.492 e. The number of carbonyl (C=O) groups is 1. The van der Waals surface area contributed by atoms with E-state index >= 15 is 0 Å². The predicted molar refractivity (Wildman–Crippen MR) is 96.0 cm³/mol. The molecular weight excluding hydrogens is 324 g/mol. The number of hydrogen-bond acceptors (Lipinski definition) is 3. The van der Waals surface area contributed by atoms with Gasteiger partial charge in [0.15, 0.2) is 0 Å². The van der Waals surface area contributed by atoms with Gasteiger partial charge < -0.3 is 10.1 Å². The number of nitriles is 1. The fraction of sp³-hybridized carbons (Fsp3) is 0.158. The fourth-order valence-corrected chi connectivity index (χ4v) is 2.34. The molecule has 0 aromatic heterocycles. The zero-order valence-corrected chi connectivity index (χ0v) is 14.2. The van der Waals surface area contributed by atoms with E-state index in [1.165, 1.54) is 6.08 Å². The van der Waals surface area contributed by atoms with E-state index in [1.807, 2.05) is 38.1 Å². The van der Waals surface area contributed by atoms with Crippen LogP contribution < -0.4 is 10.1 Å². The third kappa shape index (κ3) is 4.37. The van der Waals surface area contributed by atoms with Gasteiger partial charge in [-0.25, -0.2) is 0 Å². The van der Waals surface area contributed by atoms with E-state index in [0.29, 0.717) is 28.6 Å². The Hall–Kier alpha value is -2.77. The molecule has 0 spiro atoms. The van der Waals surface area contributed by atoms with E-state index in [0.717, 1.165) is 5.56 Å². The third-order valence-corrected chi connectivity index (χ3v) is 3.62. The summed E-state index contributed by atoms with van der Waals surface area (Å²) in [6, 6.07) is 14.4. The maximum atomic E-state index is 12.3. The molecule has 5 heteroatoms. The summed E-state index contributed by atoms with van der Waals surface area (Å²) >= 11 is 6.13. The van der Waals surface area contributed by atoms with Crippen LogP contribution in [0, 0.1) is 18.3 Å². The summed E-state index contributed by atoms with van der Waals surface area (Å²) in [5.41, 5.74) is 2.25. The monoisotopic (exact) mass is 340 g/mol. The molecule has 0 bridgehead atoms. The number of amides is 1. The Bertz CT molecular complexity index is 822. The molecule has 0 atom stereocenters. The smallest absolute Gasteiger partial charge is 0.266 e. The van der Waals surface area contributed by atoms with Crippen molar-refractivity contribution in [3.63, 3.8) is 0 Å². The van der Waals surface area contributed by atoms with Crippen molar-refractivity contribution in [3.8, 4) is 11.8 Å². The predicted octanol–water partition coefficient (Wildman–Crippen LogP) is 4.59. The Kier molecular flexibility index (Phi) is 6.00. The van der Waals surface area contributed by atoms with Crippen molar-refractivity contribution < 1.29 is 9.53 Å². The lowest BCUT2D eigenvalue weighted by Crippen LogP contribution is -2.14. The van der Waals surface area contributed by atoms with Gasteiger partial charge in [0, 0.05) is 5.69 Å². The molecule has 0 aliphatic rings. The summed E-state index contributed by atoms with van der Waals surface area (Å²) in [6.45, 7) is 4.27. The molecule has 0 aliphatic carbocycles. The van der Waals surface area contributed by atoms with E-state index in [1.54, 1.807) is 24.3 Å². The van der Waals surface area contributed by atoms with Gasteiger partial charge in [0.1, 0.15) is 17.4 Å². The van der Waals surface area contributed by atoms with E-state index < -0.39 is 5.91 Å². The lowest BCUT2D eigenvalue weighted by atomic mass is 10.1. The lowest BCUT2D eigenvalue weighted by molar-refractivity contribution is -0.112. The molecule has 2 rings (SSSR count). The van der Waals surface area contributed by atoms with Gasteiger partial charge in [-0.05, 0) is 49.2 Å². The number of rotatable bonds is 5. The topological polar surface area (TPSA) is 62.1 Å². The highest BCUT2D eigenvalue weighted by Gasteiger charge is 2.11. The zero-order valence-electron chi connectivity index (χ0n) is 13.5. The van der Waals surface area contributed by atoms with Crippen LogP contribution in [0.1, 0.15) is 18.1 Å². The van der Waals surface area contributed by atoms with E-state index in [2.05, 4.69) is 5.32 Å². The normalized spacial score (nSPS) is 10.8. The number of ether oxygens (including phenoxy) is 1. The molecular formula is C19H17ClN2O2. The van der Waals surface area contributed by atoms with Crippen LogP contribution in [0.4, 0.5) is 5.69 Å². The summed E-state index contributed by atoms with van der Waals surface area (Å²) < 4.78 is 5.37. The van der Waals surface area contributed by atoms with Gasteiger partial charge in [0.05, 0.1) is 11.6 Å². The average molecular weight is 341 g/mol. The summed E-state index contributed by atoms with van der Waals surface area (Å²) in [7, 11) is 0. The molecule has 0 heterocycles. The molecule has 2 aromatic carbocycles. The van der Waals surface area contributed by atoms with Crippen molar-refractivity contribution in [3.05, 3.63) is 64.2 Å². The van der Waals surface area contributed by atoms with Crippen LogP contribution in [0.25, 0.3) is 6.08 Å². The van der Waals surface area contributed by atoms with Crippen LogP contribution in [0.15, 0.2) is 48.0 Å². The van der Waals surface area contributed by atoms with Crippen molar-refractivity contribution in [1.82, 2.24) is 0 Å². The van der Waals surface area contributed by atoms with Gasteiger partial charge >= 0.3 is 0 Å². The minimum atomic E-state index is -0.461. The van der Waals surface area contributed by atoms with Crippen LogP contribution >= 0.6 is 11.6 Å². The van der Waals surface area contributed by atoms with Gasteiger partial charge in [-0.15, -0.1) is 0 Å². The fourth-order valence-electron chi connectivity index (χ4n) is 2.10. The maximum absolute atomic E-state index is 12.3. The number of aryl methyl sites for hydroxylation is 1. The number of para-hydroxylation sites is 1. The minimum absolute atomic E-state index is 0.00141. The molecule has 4 nitrogen and oxygen atoms in total. The first-order valence-electron chi connectivity index (χ1n) is 7.46. The first kappa shape index (κ1) is 17.6. The van der Waals surface area contributed by atoms with Crippen LogP contribution in [0.5, 0.6) is 5.75 Å². The molecule has 0 unspecified atom stereocenters. The third-order valence-electron chi connectivity index (χ3n) is 3.33. The van der Waals surface area contributed by atoms with Crippen LogP contribution in [0.2, 0.25) is 5.02 Å². The Morgan fingerprint density at radius 1 is 1.33 bits per heavy atom. The molecule has 122 valence electrons. The summed E-state index contributed by atoms with van der Waals surface area (Å²) in [6.07, 6.45) is 1.50. The first-order chi connectivity index (χ1) is 11.5. The molecule has 0 saturated carbocycles. The number of benzene rings is 2. The van der Waals surface area contributed by atoms with Gasteiger partial charge in [-0.2, -0.15) is 5.26 Å². The standard InChI is InChI=1S/C19H17ClN2O2/c1-3-24-18-9-8-14(11-16(18)20)10-15(12-21)19(23)22-17-7-5-4-6-13(17)2/h4-11H,3H2,1-2H3,(H,22,23)/b15-10-. The highest BCUT2D eigenvalue weighted by molar-refractivity contribution is 6.32. The van der Waals surface area contributed by atoms with Gasteiger partial charge in [0.2, 0.25) is 0 Å². The molecule has 0 radical (unpaired) electrons. The molecule has 0 fully saturated rings. The van der Waals surface area contributed by atoms with Crippen LogP contribution in [-0.2, 0) is 4.79 Å². The van der Waals surface area contributed by atoms with Crippen molar-refractivity contribution in [1.29, 1.82) is 5.26 Å². The number of carbonyl (C=O) groups excluding carboxylic acids is 1. The lowest BCUT2D eigenvalue weighted by Gasteiger charge is -2.08. The Labute approximate surface area is 146 Å². The molecule has 24 heavy (non-hydrogen) atoms. The molecule has 0 aliphatic heterocycles. The molecule has 1 N–H and O–H groups in total. The van der Waals surface area contributed by atoms with Crippen molar-refractivity contribution >= 4 is 29.3 Å². The molecule has 1 amide bonds. The molecule has 2 aromatic rings. The quantitative estimate of drug-likeness (QED) is 0.639. The average Bonchev–Trinajstić information content (AvgIpc) is 2.57. The highest BCUT2D eigenvalue weighted by atomic mass is 35.5. The minimum Gasteiger partial charge on any atom is -0.492 e. The number of nitrogens with zero attached hydrogens (tertiary/aromatic N) is 1. The van der Waals surface area contributed by atoms with Crippen molar-refractivity contribution in [2.45, 2.75) is 13.8 Å². The SMILES string of the molecule is CCOc1ccc(/C=C(/C#N)C(=O)Nc2ccccc2C)cc1Cl. The van der Waals surface area contributed by atoms with Crippen LogP contribution in [-0.4, -0.2) is 12.5 Å². The van der Waals surface area contributed by atoms with Crippen molar-refractivity contribution in [2.75, 3.05) is 11.9 Å². The second-order valence-corrected chi connectivity index (χ2v) is 5.47. The number of halogens is 1. The summed E-state index contributed by atoms with van der Waals surface area (Å²) in [5, 5.41) is 12.4. The second kappa shape index (κ2) is 8.19. The number of hydrogen-bond donors (Lipinski definition) is 1. The van der Waals surface area contributed by atoms with Gasteiger partial charge in [-0.3, -0.25) is 4.79 Å². The maximum Gasteiger partial charge on any atom is 0.266 e. The van der Waals surface area contributed by atoms with Crippen LogP contribution in [0.3, 0.4) is 0 Å². The van der Waals surface area contributed by atoms with Gasteiger partial charge in [-0.1, -0.05) is 35.9 Å². The Balaban J connectivity index is 2.23. The second-order valence-electron chi connectivity index (χ2n) is 5.06. The van der Waals surface area contributed by atoms with E-state index in [4.69, 9.17) is 16.3 Å². The zero-order chi connectivity index (χ0) is 17.5. The number of nitrogens with one attached hydrogen (secondary N) is 1. The Morgan fingerprint density at radius 3 is 2.71 bits per heavy atom. The summed E-state index contributed by atoms with van der Waals surface area (Å²) in [5.74, 6) is 0.107. The molecule has 0 saturated heterocycles. The highest BCUT2D eigenvalue weighted by Crippen LogP contribution is 2.26. The number of anilines is 1. The first-order valence-corrected chi connectivity index (χ1v) is 7.84. The van der Waals surface area contributed by atoms with E-state index in [9.17, 15) is 10.1 Å². The Morgan fingerprint density at radius 2 is 2.08 bits per heavy atom. The van der Waals surface area contributed by atoms with Crippen molar-refractivity contribution in [2.24, 2.45) is 0 Å².